The van der Waals surface area contributed by atoms with E-state index in [0.717, 1.165) is 43.5 Å². The summed E-state index contributed by atoms with van der Waals surface area (Å²) in [5.41, 5.74) is 7.58. The van der Waals surface area contributed by atoms with E-state index in [9.17, 15) is 4.39 Å². The van der Waals surface area contributed by atoms with E-state index >= 15 is 0 Å². The molecule has 0 saturated heterocycles. The van der Waals surface area contributed by atoms with Gasteiger partial charge in [-0.15, -0.1) is 0 Å². The van der Waals surface area contributed by atoms with Crippen molar-refractivity contribution in [3.63, 3.8) is 0 Å². The number of nitrogens with zero attached hydrogens (tertiary/aromatic N) is 1. The lowest BCUT2D eigenvalue weighted by Crippen LogP contribution is -2.20. The van der Waals surface area contributed by atoms with Crippen molar-refractivity contribution >= 4 is 0 Å². The van der Waals surface area contributed by atoms with Gasteiger partial charge in [0.2, 0.25) is 0 Å². The summed E-state index contributed by atoms with van der Waals surface area (Å²) < 4.78 is 13.1. The van der Waals surface area contributed by atoms with Crippen LogP contribution in [0.15, 0.2) is 18.2 Å². The molecule has 18 heavy (non-hydrogen) atoms. The summed E-state index contributed by atoms with van der Waals surface area (Å²) in [4.78, 5) is 2.20. The molecule has 0 fully saturated rings. The Morgan fingerprint density at radius 3 is 2.67 bits per heavy atom. The van der Waals surface area contributed by atoms with Gasteiger partial charge in [0.1, 0.15) is 5.82 Å². The third-order valence-corrected chi connectivity index (χ3v) is 3.03. The molecule has 1 aromatic rings. The predicted octanol–water partition coefficient (Wildman–Crippen LogP) is 1.88. The Labute approximate surface area is 108 Å². The molecule has 4 heteroatoms. The van der Waals surface area contributed by atoms with Gasteiger partial charge in [-0.2, -0.15) is 0 Å². The van der Waals surface area contributed by atoms with E-state index in [4.69, 9.17) is 10.8 Å². The van der Waals surface area contributed by atoms with Crippen molar-refractivity contribution in [3.05, 3.63) is 35.1 Å². The highest BCUT2D eigenvalue weighted by molar-refractivity contribution is 5.27. The number of halogens is 1. The molecule has 0 aliphatic carbocycles. The second kappa shape index (κ2) is 8.19. The second-order valence-corrected chi connectivity index (χ2v) is 4.64. The summed E-state index contributed by atoms with van der Waals surface area (Å²) in [5.74, 6) is -0.232. The van der Waals surface area contributed by atoms with Crippen molar-refractivity contribution in [2.24, 2.45) is 5.73 Å². The molecule has 102 valence electrons. The Hall–Kier alpha value is -0.970. The minimum Gasteiger partial charge on any atom is -0.396 e. The molecule has 0 amide bonds. The third-order valence-electron chi connectivity index (χ3n) is 3.03. The lowest BCUT2D eigenvalue weighted by molar-refractivity contribution is 0.271. The van der Waals surface area contributed by atoms with Crippen LogP contribution >= 0.6 is 0 Å². The first-order valence-corrected chi connectivity index (χ1v) is 6.44. The van der Waals surface area contributed by atoms with Gasteiger partial charge in [-0.05, 0) is 56.1 Å². The fourth-order valence-corrected chi connectivity index (χ4v) is 1.98. The predicted molar refractivity (Wildman–Crippen MR) is 71.6 cm³/mol. The summed E-state index contributed by atoms with van der Waals surface area (Å²) in [6.07, 6.45) is 2.96. The lowest BCUT2D eigenvalue weighted by atomic mass is 10.1. The second-order valence-electron chi connectivity index (χ2n) is 4.64. The molecule has 0 saturated carbocycles. The minimum absolute atomic E-state index is 0.232. The number of benzene rings is 1. The molecule has 0 aliphatic rings. The zero-order chi connectivity index (χ0) is 13.4. The maximum absolute atomic E-state index is 13.1. The molecule has 0 aliphatic heterocycles. The molecule has 3 N–H and O–H groups in total. The third kappa shape index (κ3) is 5.12. The van der Waals surface area contributed by atoms with Crippen molar-refractivity contribution in [1.29, 1.82) is 0 Å². The molecular weight excluding hydrogens is 231 g/mol. The molecule has 0 heterocycles. The summed E-state index contributed by atoms with van der Waals surface area (Å²) in [6.45, 7) is 2.39. The Morgan fingerprint density at radius 1 is 1.22 bits per heavy atom. The van der Waals surface area contributed by atoms with Crippen LogP contribution in [0.1, 0.15) is 30.4 Å². The number of hydrogen-bond acceptors (Lipinski definition) is 3. The average molecular weight is 254 g/mol. The standard InChI is InChI=1S/C14H23FN2O/c1-17(7-3-2-4-8-18)11-12-5-6-14(15)9-13(12)10-16/h5-6,9,18H,2-4,7-8,10-11,16H2,1H3. The van der Waals surface area contributed by atoms with Crippen LogP contribution in [0, 0.1) is 5.82 Å². The molecule has 3 nitrogen and oxygen atoms in total. The van der Waals surface area contributed by atoms with Gasteiger partial charge in [-0.3, -0.25) is 0 Å². The molecule has 0 spiro atoms. The van der Waals surface area contributed by atoms with Crippen molar-refractivity contribution < 1.29 is 9.50 Å². The van der Waals surface area contributed by atoms with E-state index in [1.165, 1.54) is 12.1 Å². The number of aliphatic hydroxyl groups is 1. The Kier molecular flexibility index (Phi) is 6.86. The highest BCUT2D eigenvalue weighted by atomic mass is 19.1. The molecular formula is C14H23FN2O. The fraction of sp³-hybridized carbons (Fsp3) is 0.571. The van der Waals surface area contributed by atoms with Crippen molar-refractivity contribution in [3.8, 4) is 0 Å². The topological polar surface area (TPSA) is 49.5 Å². The van der Waals surface area contributed by atoms with Crippen LogP contribution in [0.25, 0.3) is 0 Å². The Morgan fingerprint density at radius 2 is 2.00 bits per heavy atom. The Bertz CT molecular complexity index is 358. The van der Waals surface area contributed by atoms with Crippen LogP contribution in [-0.2, 0) is 13.1 Å². The van der Waals surface area contributed by atoms with E-state index in [0.29, 0.717) is 6.54 Å². The van der Waals surface area contributed by atoms with Crippen molar-refractivity contribution in [2.75, 3.05) is 20.2 Å². The van der Waals surface area contributed by atoms with Gasteiger partial charge in [0, 0.05) is 19.7 Å². The van der Waals surface area contributed by atoms with Gasteiger partial charge in [0.05, 0.1) is 0 Å². The van der Waals surface area contributed by atoms with Crippen molar-refractivity contribution in [1.82, 2.24) is 4.90 Å². The minimum atomic E-state index is -0.232. The van der Waals surface area contributed by atoms with Crippen LogP contribution in [0.2, 0.25) is 0 Å². The molecule has 0 atom stereocenters. The van der Waals surface area contributed by atoms with Crippen LogP contribution in [0.5, 0.6) is 0 Å². The molecule has 1 aromatic carbocycles. The van der Waals surface area contributed by atoms with Crippen LogP contribution < -0.4 is 5.73 Å². The van der Waals surface area contributed by atoms with E-state index in [2.05, 4.69) is 4.90 Å². The van der Waals surface area contributed by atoms with Gasteiger partial charge in [0.25, 0.3) is 0 Å². The number of hydrogen-bond donors (Lipinski definition) is 2. The summed E-state index contributed by atoms with van der Waals surface area (Å²) in [5, 5.41) is 8.70. The van der Waals surface area contributed by atoms with Crippen LogP contribution in [0.4, 0.5) is 4.39 Å². The van der Waals surface area contributed by atoms with Crippen LogP contribution in [-0.4, -0.2) is 30.2 Å². The molecule has 1 rings (SSSR count). The smallest absolute Gasteiger partial charge is 0.123 e. The van der Waals surface area contributed by atoms with Gasteiger partial charge in [0.15, 0.2) is 0 Å². The maximum atomic E-state index is 13.1. The van der Waals surface area contributed by atoms with Crippen molar-refractivity contribution in [2.45, 2.75) is 32.4 Å². The SMILES string of the molecule is CN(CCCCCO)Cc1ccc(F)cc1CN. The zero-order valence-electron chi connectivity index (χ0n) is 11.0. The van der Waals surface area contributed by atoms with E-state index in [1.54, 1.807) is 0 Å². The summed E-state index contributed by atoms with van der Waals surface area (Å²) in [6, 6.07) is 4.80. The molecule has 0 aromatic heterocycles. The first-order chi connectivity index (χ1) is 8.67. The fourth-order valence-electron chi connectivity index (χ4n) is 1.98. The maximum Gasteiger partial charge on any atom is 0.123 e. The lowest BCUT2D eigenvalue weighted by Gasteiger charge is -2.18. The van der Waals surface area contributed by atoms with E-state index in [-0.39, 0.29) is 12.4 Å². The summed E-state index contributed by atoms with van der Waals surface area (Å²) >= 11 is 0. The number of aliphatic hydroxyl groups excluding tert-OH is 1. The normalized spacial score (nSPS) is 11.2. The van der Waals surface area contributed by atoms with Gasteiger partial charge in [-0.1, -0.05) is 6.07 Å². The first kappa shape index (κ1) is 15.1. The monoisotopic (exact) mass is 254 g/mol. The van der Waals surface area contributed by atoms with E-state index < -0.39 is 0 Å². The molecule has 0 unspecified atom stereocenters. The number of rotatable bonds is 8. The first-order valence-electron chi connectivity index (χ1n) is 6.44. The molecule has 0 bridgehead atoms. The average Bonchev–Trinajstić information content (AvgIpc) is 2.37. The van der Waals surface area contributed by atoms with Gasteiger partial charge in [-0.25, -0.2) is 4.39 Å². The zero-order valence-corrected chi connectivity index (χ0v) is 11.0. The largest absolute Gasteiger partial charge is 0.396 e. The highest BCUT2D eigenvalue weighted by Gasteiger charge is 2.06. The quantitative estimate of drug-likeness (QED) is 0.696. The number of unbranched alkanes of at least 4 members (excludes halogenated alkanes) is 2. The Balaban J connectivity index is 2.45. The molecule has 0 radical (unpaired) electrons. The van der Waals surface area contributed by atoms with Crippen LogP contribution in [0.3, 0.4) is 0 Å². The van der Waals surface area contributed by atoms with Gasteiger partial charge >= 0.3 is 0 Å². The van der Waals surface area contributed by atoms with E-state index in [1.807, 2.05) is 13.1 Å². The number of nitrogens with two attached hydrogens (primary N) is 1. The summed E-state index contributed by atoms with van der Waals surface area (Å²) in [7, 11) is 2.04. The highest BCUT2D eigenvalue weighted by Crippen LogP contribution is 2.13. The van der Waals surface area contributed by atoms with Gasteiger partial charge < -0.3 is 15.7 Å².